The summed E-state index contributed by atoms with van der Waals surface area (Å²) in [5.41, 5.74) is 13.8. The van der Waals surface area contributed by atoms with E-state index in [0.717, 1.165) is 43.8 Å². The molecular formula is C28H36F2N6O. The first-order valence-electron chi connectivity index (χ1n) is 12.2. The number of hydrogen-bond donors (Lipinski definition) is 3. The average molecular weight is 511 g/mol. The van der Waals surface area contributed by atoms with E-state index in [1.807, 2.05) is 19.2 Å². The van der Waals surface area contributed by atoms with Crippen molar-refractivity contribution in [2.45, 2.75) is 33.1 Å². The summed E-state index contributed by atoms with van der Waals surface area (Å²) in [5.74, 6) is -0.998. The lowest BCUT2D eigenvalue weighted by Gasteiger charge is -2.33. The summed E-state index contributed by atoms with van der Waals surface area (Å²) >= 11 is 0. The Labute approximate surface area is 217 Å². The number of halogens is 2. The van der Waals surface area contributed by atoms with Gasteiger partial charge in [0.05, 0.1) is 6.61 Å². The van der Waals surface area contributed by atoms with Gasteiger partial charge in [-0.3, -0.25) is 5.41 Å². The molecule has 0 bridgehead atoms. The molecule has 1 aliphatic rings. The standard InChI is InChI=1S/C27H31F2N5O.CH5N/c1-4-19(5-2)16-32-18(3)34-11-9-20(10-12-34)17-35-26-24(28)14-23(15-25(26)29)21-7-6-8-22(13-21)27(30)33-31;1-2/h4,6-8,13-16,20,30-31H,1,5,9-12,17H2,2-3H3;2H2,1H3/b19-16+,30-27?,32-18?,33-31?;. The van der Waals surface area contributed by atoms with Crippen molar-refractivity contribution in [3.05, 3.63) is 78.0 Å². The normalized spacial score (nSPS) is 14.5. The fraction of sp³-hybridized carbons (Fsp3) is 0.357. The largest absolute Gasteiger partial charge is 0.487 e. The molecule has 1 fully saturated rings. The van der Waals surface area contributed by atoms with Crippen LogP contribution in [-0.2, 0) is 0 Å². The predicted octanol–water partition coefficient (Wildman–Crippen LogP) is 6.55. The smallest absolute Gasteiger partial charge is 0.190 e. The summed E-state index contributed by atoms with van der Waals surface area (Å²) in [6.07, 6.45) is 6.23. The number of nitrogens with one attached hydrogen (secondary N) is 2. The molecule has 0 radical (unpaired) electrons. The SMILES string of the molecule is C=C/C(=C\N=C(C)N1CCC(COc2c(F)cc(-c3cccc(C(=N)N=N)c3)cc2F)CC1)CC.CN. The van der Waals surface area contributed by atoms with Gasteiger partial charge in [0, 0.05) is 24.9 Å². The number of rotatable bonds is 8. The summed E-state index contributed by atoms with van der Waals surface area (Å²) in [7, 11) is 1.50. The highest BCUT2D eigenvalue weighted by Crippen LogP contribution is 2.30. The molecule has 9 heteroatoms. The summed E-state index contributed by atoms with van der Waals surface area (Å²) in [6.45, 7) is 9.70. The highest BCUT2D eigenvalue weighted by Gasteiger charge is 2.22. The first kappa shape index (κ1) is 29.5. The van der Waals surface area contributed by atoms with Crippen molar-refractivity contribution < 1.29 is 13.5 Å². The van der Waals surface area contributed by atoms with Crippen LogP contribution in [0.15, 0.2) is 70.9 Å². The van der Waals surface area contributed by atoms with Crippen LogP contribution in [0, 0.1) is 28.5 Å². The highest BCUT2D eigenvalue weighted by molar-refractivity contribution is 5.97. The van der Waals surface area contributed by atoms with Crippen LogP contribution >= 0.6 is 0 Å². The Bertz CT molecular complexity index is 1130. The van der Waals surface area contributed by atoms with E-state index in [2.05, 4.69) is 34.2 Å². The van der Waals surface area contributed by atoms with Gasteiger partial charge in [-0.1, -0.05) is 37.8 Å². The molecule has 2 aromatic carbocycles. The topological polar surface area (TPSA) is 111 Å². The zero-order valence-electron chi connectivity index (χ0n) is 21.7. The van der Waals surface area contributed by atoms with Gasteiger partial charge in [0.1, 0.15) is 5.84 Å². The molecule has 0 unspecified atom stereocenters. The molecule has 4 N–H and O–H groups in total. The summed E-state index contributed by atoms with van der Waals surface area (Å²) < 4.78 is 35.1. The van der Waals surface area contributed by atoms with E-state index in [1.54, 1.807) is 24.3 Å². The van der Waals surface area contributed by atoms with E-state index in [9.17, 15) is 8.78 Å². The number of benzene rings is 2. The predicted molar refractivity (Wildman–Crippen MR) is 145 cm³/mol. The summed E-state index contributed by atoms with van der Waals surface area (Å²) in [5, 5.41) is 10.8. The number of hydrogen-bond acceptors (Lipinski definition) is 5. The van der Waals surface area contributed by atoms with Gasteiger partial charge in [0.25, 0.3) is 0 Å². The van der Waals surface area contributed by atoms with Gasteiger partial charge in [-0.15, -0.1) is 5.11 Å². The second-order valence-electron chi connectivity index (χ2n) is 8.49. The van der Waals surface area contributed by atoms with E-state index in [4.69, 9.17) is 15.7 Å². The molecule has 0 atom stereocenters. The van der Waals surface area contributed by atoms with Gasteiger partial charge >= 0.3 is 0 Å². The zero-order valence-corrected chi connectivity index (χ0v) is 21.7. The fourth-order valence-corrected chi connectivity index (χ4v) is 3.95. The Hall–Kier alpha value is -3.72. The van der Waals surface area contributed by atoms with E-state index < -0.39 is 11.6 Å². The Morgan fingerprint density at radius 1 is 1.16 bits per heavy atom. The van der Waals surface area contributed by atoms with Gasteiger partial charge < -0.3 is 15.4 Å². The van der Waals surface area contributed by atoms with Crippen LogP contribution < -0.4 is 10.5 Å². The fourth-order valence-electron chi connectivity index (χ4n) is 3.95. The lowest BCUT2D eigenvalue weighted by atomic mass is 9.97. The monoisotopic (exact) mass is 510 g/mol. The van der Waals surface area contributed by atoms with Gasteiger partial charge in [-0.25, -0.2) is 19.3 Å². The Balaban J connectivity index is 0.00000235. The Kier molecular flexibility index (Phi) is 11.8. The van der Waals surface area contributed by atoms with Gasteiger partial charge in [0.2, 0.25) is 0 Å². The molecule has 1 saturated heterocycles. The maximum absolute atomic E-state index is 14.8. The maximum atomic E-state index is 14.8. The number of nitrogens with two attached hydrogens (primary N) is 1. The second kappa shape index (κ2) is 14.7. The zero-order chi connectivity index (χ0) is 27.4. The number of aliphatic imine (C=N–C) groups is 1. The van der Waals surface area contributed by atoms with E-state index in [-0.39, 0.29) is 24.1 Å². The minimum absolute atomic E-state index is 0.198. The summed E-state index contributed by atoms with van der Waals surface area (Å²) in [6, 6.07) is 8.98. The molecule has 2 aromatic rings. The van der Waals surface area contributed by atoms with Crippen molar-refractivity contribution in [3.8, 4) is 16.9 Å². The molecule has 3 rings (SSSR count). The third-order valence-electron chi connectivity index (χ3n) is 6.20. The van der Waals surface area contributed by atoms with Crippen LogP contribution in [0.4, 0.5) is 8.78 Å². The molecule has 0 amide bonds. The molecule has 1 heterocycles. The molecule has 0 aromatic heterocycles. The van der Waals surface area contributed by atoms with Crippen LogP contribution in [0.25, 0.3) is 11.1 Å². The van der Waals surface area contributed by atoms with Crippen molar-refractivity contribution in [2.24, 2.45) is 21.8 Å². The molecule has 0 spiro atoms. The molecule has 7 nitrogen and oxygen atoms in total. The third-order valence-corrected chi connectivity index (χ3v) is 6.20. The lowest BCUT2D eigenvalue weighted by molar-refractivity contribution is 0.172. The number of likely N-dealkylation sites (tertiary alicyclic amines) is 1. The molecule has 198 valence electrons. The van der Waals surface area contributed by atoms with Crippen LogP contribution in [0.5, 0.6) is 5.75 Å². The van der Waals surface area contributed by atoms with Crippen LogP contribution in [0.2, 0.25) is 0 Å². The molecule has 0 aliphatic carbocycles. The molecule has 0 saturated carbocycles. The van der Waals surface area contributed by atoms with Crippen molar-refractivity contribution in [1.29, 1.82) is 10.9 Å². The Morgan fingerprint density at radius 2 is 1.81 bits per heavy atom. The van der Waals surface area contributed by atoms with Crippen molar-refractivity contribution >= 4 is 11.7 Å². The Morgan fingerprint density at radius 3 is 2.38 bits per heavy atom. The average Bonchev–Trinajstić information content (AvgIpc) is 2.94. The summed E-state index contributed by atoms with van der Waals surface area (Å²) in [4.78, 5) is 6.75. The number of allylic oxidation sites excluding steroid dienone is 2. The third kappa shape index (κ3) is 8.15. The maximum Gasteiger partial charge on any atom is 0.190 e. The highest BCUT2D eigenvalue weighted by atomic mass is 19.1. The first-order chi connectivity index (χ1) is 17.9. The van der Waals surface area contributed by atoms with Gasteiger partial charge in [0.15, 0.2) is 23.2 Å². The number of ether oxygens (including phenoxy) is 1. The van der Waals surface area contributed by atoms with Crippen molar-refractivity contribution in [3.63, 3.8) is 0 Å². The minimum Gasteiger partial charge on any atom is -0.487 e. The van der Waals surface area contributed by atoms with Crippen molar-refractivity contribution in [1.82, 2.24) is 4.90 Å². The quantitative estimate of drug-likeness (QED) is 0.162. The molecule has 1 aliphatic heterocycles. The number of amidine groups is 2. The molecule has 37 heavy (non-hydrogen) atoms. The minimum atomic E-state index is -0.771. The number of nitrogens with zero attached hydrogens (tertiary/aromatic N) is 3. The molecular weight excluding hydrogens is 474 g/mol. The van der Waals surface area contributed by atoms with Crippen LogP contribution in [0.1, 0.15) is 38.7 Å². The van der Waals surface area contributed by atoms with Crippen molar-refractivity contribution in [2.75, 3.05) is 26.7 Å². The van der Waals surface area contributed by atoms with Gasteiger partial charge in [-0.05, 0) is 74.1 Å². The van der Waals surface area contributed by atoms with E-state index in [1.165, 1.54) is 19.2 Å². The number of piperidine rings is 1. The lowest BCUT2D eigenvalue weighted by Crippen LogP contribution is -2.38. The van der Waals surface area contributed by atoms with Crippen LogP contribution in [-0.4, -0.2) is 43.3 Å². The van der Waals surface area contributed by atoms with E-state index in [0.29, 0.717) is 16.7 Å². The second-order valence-corrected chi connectivity index (χ2v) is 8.49. The van der Waals surface area contributed by atoms with E-state index >= 15 is 0 Å². The first-order valence-corrected chi connectivity index (χ1v) is 12.2. The van der Waals surface area contributed by atoms with Gasteiger partial charge in [-0.2, -0.15) is 0 Å². The van der Waals surface area contributed by atoms with Crippen LogP contribution in [0.3, 0.4) is 0 Å².